The second kappa shape index (κ2) is 6.85. The molecule has 0 bridgehead atoms. The fourth-order valence-corrected chi connectivity index (χ4v) is 3.47. The van der Waals surface area contributed by atoms with Crippen molar-refractivity contribution < 1.29 is 9.53 Å². The van der Waals surface area contributed by atoms with E-state index in [1.807, 2.05) is 19.1 Å². The van der Waals surface area contributed by atoms with Crippen LogP contribution < -0.4 is 4.74 Å². The maximum atomic E-state index is 12.9. The lowest BCUT2D eigenvalue weighted by molar-refractivity contribution is 0.0777. The van der Waals surface area contributed by atoms with Crippen LogP contribution in [0.3, 0.4) is 0 Å². The third-order valence-corrected chi connectivity index (χ3v) is 4.74. The number of halogens is 1. The third kappa shape index (κ3) is 3.13. The molecule has 0 aliphatic carbocycles. The molecule has 24 heavy (non-hydrogen) atoms. The number of nitrogens with zero attached hydrogens (tertiary/aromatic N) is 3. The molecule has 128 valence electrons. The van der Waals surface area contributed by atoms with E-state index in [0.29, 0.717) is 17.3 Å². The fourth-order valence-electron chi connectivity index (χ4n) is 3.27. The molecule has 0 saturated carbocycles. The number of imidazole rings is 1. The number of benzene rings is 1. The Morgan fingerprint density at radius 3 is 2.96 bits per heavy atom. The highest BCUT2D eigenvalue weighted by atomic mass is 35.5. The van der Waals surface area contributed by atoms with Crippen molar-refractivity contribution in [3.8, 4) is 5.75 Å². The predicted molar refractivity (Wildman–Crippen MR) is 93.7 cm³/mol. The first-order valence-electron chi connectivity index (χ1n) is 8.15. The first-order valence-corrected chi connectivity index (χ1v) is 8.53. The maximum Gasteiger partial charge on any atom is 0.274 e. The van der Waals surface area contributed by atoms with Crippen molar-refractivity contribution in [3.05, 3.63) is 46.0 Å². The van der Waals surface area contributed by atoms with Gasteiger partial charge < -0.3 is 14.2 Å². The minimum atomic E-state index is -0.0595. The lowest BCUT2D eigenvalue weighted by Crippen LogP contribution is -2.28. The summed E-state index contributed by atoms with van der Waals surface area (Å²) in [5.74, 6) is 1.58. The van der Waals surface area contributed by atoms with E-state index in [1.54, 1.807) is 25.1 Å². The largest absolute Gasteiger partial charge is 0.496 e. The van der Waals surface area contributed by atoms with Gasteiger partial charge in [0.2, 0.25) is 0 Å². The Morgan fingerprint density at radius 2 is 2.21 bits per heavy atom. The van der Waals surface area contributed by atoms with E-state index in [4.69, 9.17) is 16.3 Å². The van der Waals surface area contributed by atoms with E-state index in [0.717, 1.165) is 48.6 Å². The Balaban J connectivity index is 1.85. The molecular weight excluding hydrogens is 326 g/mol. The van der Waals surface area contributed by atoms with E-state index in [1.165, 1.54) is 0 Å². The minimum absolute atomic E-state index is 0.0595. The first kappa shape index (κ1) is 16.8. The molecule has 1 amide bonds. The lowest BCUT2D eigenvalue weighted by atomic mass is 10.1. The van der Waals surface area contributed by atoms with Crippen molar-refractivity contribution in [2.24, 2.45) is 0 Å². The highest BCUT2D eigenvalue weighted by Gasteiger charge is 2.25. The van der Waals surface area contributed by atoms with Gasteiger partial charge in [0.15, 0.2) is 0 Å². The number of rotatable bonds is 4. The highest BCUT2D eigenvalue weighted by molar-refractivity contribution is 6.30. The molecule has 0 N–H and O–H groups in total. The van der Waals surface area contributed by atoms with Gasteiger partial charge in [0.05, 0.1) is 12.8 Å². The molecule has 1 aromatic heterocycles. The fraction of sp³-hybridized carbons (Fsp3) is 0.444. The van der Waals surface area contributed by atoms with Crippen molar-refractivity contribution in [3.63, 3.8) is 0 Å². The Morgan fingerprint density at radius 1 is 1.42 bits per heavy atom. The molecule has 0 unspecified atom stereocenters. The molecule has 0 spiro atoms. The van der Waals surface area contributed by atoms with Gasteiger partial charge in [-0.25, -0.2) is 4.98 Å². The Labute approximate surface area is 147 Å². The predicted octanol–water partition coefficient (Wildman–Crippen LogP) is 3.46. The summed E-state index contributed by atoms with van der Waals surface area (Å²) < 4.78 is 7.54. The molecule has 1 aliphatic rings. The molecule has 2 heterocycles. The monoisotopic (exact) mass is 347 g/mol. The van der Waals surface area contributed by atoms with Gasteiger partial charge in [-0.2, -0.15) is 0 Å². The normalized spacial score (nSPS) is 13.5. The van der Waals surface area contributed by atoms with Crippen LogP contribution in [0.2, 0.25) is 5.02 Å². The van der Waals surface area contributed by atoms with Crippen LogP contribution >= 0.6 is 11.6 Å². The smallest absolute Gasteiger partial charge is 0.274 e. The summed E-state index contributed by atoms with van der Waals surface area (Å²) in [5.41, 5.74) is 2.52. The number of fused-ring (bicyclic) bond motifs is 1. The summed E-state index contributed by atoms with van der Waals surface area (Å²) in [7, 11) is 3.40. The topological polar surface area (TPSA) is 47.4 Å². The van der Waals surface area contributed by atoms with Crippen molar-refractivity contribution in [1.82, 2.24) is 14.5 Å². The molecule has 3 rings (SSSR count). The second-order valence-electron chi connectivity index (χ2n) is 6.18. The maximum absolute atomic E-state index is 12.9. The number of aryl methyl sites for hydroxylation is 1. The van der Waals surface area contributed by atoms with Crippen LogP contribution in [-0.4, -0.2) is 34.5 Å². The number of carbonyl (C=O) groups is 1. The summed E-state index contributed by atoms with van der Waals surface area (Å²) in [5, 5.41) is 0.627. The quantitative estimate of drug-likeness (QED) is 0.851. The summed E-state index contributed by atoms with van der Waals surface area (Å²) in [6.07, 6.45) is 3.17. The number of hydrogen-bond acceptors (Lipinski definition) is 3. The zero-order chi connectivity index (χ0) is 17.3. The molecular formula is C18H22ClN3O2. The third-order valence-electron chi connectivity index (χ3n) is 4.51. The molecule has 2 aromatic rings. The van der Waals surface area contributed by atoms with Gasteiger partial charge in [0.1, 0.15) is 17.3 Å². The summed E-state index contributed by atoms with van der Waals surface area (Å²) in [6, 6.07) is 5.43. The Hall–Kier alpha value is -2.01. The van der Waals surface area contributed by atoms with Crippen LogP contribution in [0.15, 0.2) is 18.2 Å². The van der Waals surface area contributed by atoms with Gasteiger partial charge >= 0.3 is 0 Å². The average Bonchev–Trinajstić information content (AvgIpc) is 2.92. The number of amides is 1. The average molecular weight is 348 g/mol. The number of ether oxygens (including phenoxy) is 1. The molecule has 5 nitrogen and oxygen atoms in total. The summed E-state index contributed by atoms with van der Waals surface area (Å²) in [6.45, 7) is 3.34. The van der Waals surface area contributed by atoms with Crippen LogP contribution in [0.1, 0.15) is 40.4 Å². The van der Waals surface area contributed by atoms with Crippen LogP contribution in [0, 0.1) is 6.92 Å². The Bertz CT molecular complexity index is 770. The molecule has 1 aromatic carbocycles. The van der Waals surface area contributed by atoms with E-state index in [-0.39, 0.29) is 5.91 Å². The molecule has 1 aliphatic heterocycles. The van der Waals surface area contributed by atoms with Crippen molar-refractivity contribution in [2.75, 3.05) is 14.2 Å². The van der Waals surface area contributed by atoms with E-state index in [2.05, 4.69) is 9.55 Å². The van der Waals surface area contributed by atoms with E-state index in [9.17, 15) is 4.79 Å². The molecule has 0 saturated heterocycles. The van der Waals surface area contributed by atoms with Crippen molar-refractivity contribution in [2.45, 2.75) is 39.3 Å². The molecule has 0 fully saturated rings. The van der Waals surface area contributed by atoms with Crippen molar-refractivity contribution in [1.29, 1.82) is 0 Å². The summed E-state index contributed by atoms with van der Waals surface area (Å²) >= 11 is 6.08. The Kier molecular flexibility index (Phi) is 4.81. The van der Waals surface area contributed by atoms with Gasteiger partial charge in [-0.1, -0.05) is 11.6 Å². The van der Waals surface area contributed by atoms with Gasteiger partial charge in [0.25, 0.3) is 5.91 Å². The van der Waals surface area contributed by atoms with E-state index < -0.39 is 0 Å². The van der Waals surface area contributed by atoms with Crippen LogP contribution in [-0.2, 0) is 19.5 Å². The molecule has 0 radical (unpaired) electrons. The highest BCUT2D eigenvalue weighted by Crippen LogP contribution is 2.25. The zero-order valence-electron chi connectivity index (χ0n) is 14.3. The van der Waals surface area contributed by atoms with Crippen LogP contribution in [0.5, 0.6) is 5.75 Å². The first-order chi connectivity index (χ1) is 11.5. The van der Waals surface area contributed by atoms with E-state index >= 15 is 0 Å². The summed E-state index contributed by atoms with van der Waals surface area (Å²) in [4.78, 5) is 19.1. The van der Waals surface area contributed by atoms with Gasteiger partial charge in [-0.3, -0.25) is 4.79 Å². The molecule has 0 atom stereocenters. The standard InChI is InChI=1S/C18H22ClN3O2/c1-12-20-17(15-6-4-5-9-22(12)15)18(23)21(2)11-13-10-14(19)7-8-16(13)24-3/h7-8,10H,4-6,9,11H2,1-3H3. The molecule has 6 heteroatoms. The van der Waals surface area contributed by atoms with Gasteiger partial charge in [-0.05, 0) is 44.4 Å². The second-order valence-corrected chi connectivity index (χ2v) is 6.62. The van der Waals surface area contributed by atoms with Crippen LogP contribution in [0.25, 0.3) is 0 Å². The number of hydrogen-bond donors (Lipinski definition) is 0. The zero-order valence-corrected chi connectivity index (χ0v) is 15.1. The van der Waals surface area contributed by atoms with Crippen molar-refractivity contribution >= 4 is 17.5 Å². The van der Waals surface area contributed by atoms with Crippen LogP contribution in [0.4, 0.5) is 0 Å². The number of carbonyl (C=O) groups excluding carboxylic acids is 1. The SMILES string of the molecule is COc1ccc(Cl)cc1CN(C)C(=O)c1nc(C)n2c1CCCC2. The number of methoxy groups -OCH3 is 1. The van der Waals surface area contributed by atoms with Gasteiger partial charge in [0, 0.05) is 30.7 Å². The lowest BCUT2D eigenvalue weighted by Gasteiger charge is -2.20. The van der Waals surface area contributed by atoms with Gasteiger partial charge in [-0.15, -0.1) is 0 Å². The minimum Gasteiger partial charge on any atom is -0.496 e. The number of aromatic nitrogens is 2.